The molecule has 4 aromatic rings. The molecule has 0 aliphatic rings. The quantitative estimate of drug-likeness (QED) is 0.381. The van der Waals surface area contributed by atoms with E-state index in [1.807, 2.05) is 0 Å². The van der Waals surface area contributed by atoms with E-state index in [-0.39, 0.29) is 0 Å². The lowest BCUT2D eigenvalue weighted by Crippen LogP contribution is -2.57. The first kappa shape index (κ1) is 19.3. The number of aryl methyl sites for hydroxylation is 6. The molecule has 0 amide bonds. The third kappa shape index (κ3) is 3.77. The van der Waals surface area contributed by atoms with Crippen molar-refractivity contribution in [1.82, 2.24) is 9.13 Å². The van der Waals surface area contributed by atoms with Gasteiger partial charge in [-0.25, -0.2) is 0 Å². The standard InChI is InChI=1S/C24H28BN4/c1-17-11-19(3)23(20(4)12-17)26-7-9-28(15-26)25-29-10-8-27(16-29)24-21(5)13-18(2)14-22(24)6/h7-14H,25H2,1-6H3/q-1. The fourth-order valence-electron chi connectivity index (χ4n) is 4.62. The summed E-state index contributed by atoms with van der Waals surface area (Å²) < 4.78 is 8.57. The molecule has 0 saturated carbocycles. The van der Waals surface area contributed by atoms with Gasteiger partial charge in [0.15, 0.2) is 12.7 Å². The fourth-order valence-corrected chi connectivity index (χ4v) is 4.62. The predicted octanol–water partition coefficient (Wildman–Crippen LogP) is 2.69. The van der Waals surface area contributed by atoms with Crippen molar-refractivity contribution in [2.24, 2.45) is 0 Å². The van der Waals surface area contributed by atoms with Crippen LogP contribution in [0.4, 0.5) is 0 Å². The second-order valence-electron chi connectivity index (χ2n) is 8.45. The van der Waals surface area contributed by atoms with Crippen molar-refractivity contribution in [3.8, 4) is 11.4 Å². The molecule has 0 bridgehead atoms. The number of hydrogen-bond acceptors (Lipinski definition) is 0. The third-order valence-electron chi connectivity index (χ3n) is 5.59. The molecule has 5 heteroatoms. The van der Waals surface area contributed by atoms with E-state index >= 15 is 0 Å². The highest BCUT2D eigenvalue weighted by Gasteiger charge is 2.08. The summed E-state index contributed by atoms with van der Waals surface area (Å²) >= 11 is 0. The monoisotopic (exact) mass is 383 g/mol. The topological polar surface area (TPSA) is 17.6 Å². The van der Waals surface area contributed by atoms with Crippen LogP contribution < -0.4 is 8.96 Å². The molecule has 0 atom stereocenters. The van der Waals surface area contributed by atoms with Crippen LogP contribution in [0.1, 0.15) is 33.4 Å². The number of benzene rings is 2. The number of rotatable bonds is 4. The van der Waals surface area contributed by atoms with Gasteiger partial charge in [0.05, 0.1) is 11.4 Å². The molecule has 0 aliphatic heterocycles. The largest absolute Gasteiger partial charge is 0.487 e. The minimum Gasteiger partial charge on any atom is -0.487 e. The molecule has 2 aromatic heterocycles. The zero-order valence-electron chi connectivity index (χ0n) is 18.4. The second-order valence-corrected chi connectivity index (χ2v) is 8.45. The van der Waals surface area contributed by atoms with Crippen LogP contribution in [0.3, 0.4) is 0 Å². The van der Waals surface area contributed by atoms with Crippen molar-refractivity contribution in [3.63, 3.8) is 0 Å². The Labute approximate surface area is 174 Å². The Hall–Kier alpha value is -3.08. The lowest BCUT2D eigenvalue weighted by atomic mass is 10.1. The van der Waals surface area contributed by atoms with E-state index in [0.29, 0.717) is 0 Å². The van der Waals surface area contributed by atoms with Crippen LogP contribution in [0.15, 0.2) is 49.1 Å². The molecule has 0 N–H and O–H groups in total. The van der Waals surface area contributed by atoms with Crippen LogP contribution in [0.5, 0.6) is 0 Å². The predicted molar refractivity (Wildman–Crippen MR) is 117 cm³/mol. The molecule has 0 fully saturated rings. The summed E-state index contributed by atoms with van der Waals surface area (Å²) in [5.41, 5.74) is 10.1. The molecule has 0 unspecified atom stereocenters. The van der Waals surface area contributed by atoms with Gasteiger partial charge in [0.2, 0.25) is 0 Å². The molecule has 0 spiro atoms. The summed E-state index contributed by atoms with van der Waals surface area (Å²) in [5.74, 6) is 0. The average Bonchev–Trinajstić information content (AvgIpc) is 3.23. The van der Waals surface area contributed by atoms with Crippen LogP contribution in [0.25, 0.3) is 11.4 Å². The van der Waals surface area contributed by atoms with E-state index < -0.39 is 7.55 Å². The number of aromatic nitrogens is 4. The van der Waals surface area contributed by atoms with Crippen molar-refractivity contribution >= 4 is 7.55 Å². The Morgan fingerprint density at radius 1 is 0.621 bits per heavy atom. The van der Waals surface area contributed by atoms with Gasteiger partial charge in [-0.3, -0.25) is 0 Å². The van der Waals surface area contributed by atoms with Gasteiger partial charge in [-0.15, -0.1) is 0 Å². The lowest BCUT2D eigenvalue weighted by molar-refractivity contribution is -0.663. The van der Waals surface area contributed by atoms with E-state index in [2.05, 4.69) is 121 Å². The van der Waals surface area contributed by atoms with Crippen molar-refractivity contribution in [3.05, 3.63) is 95.1 Å². The van der Waals surface area contributed by atoms with E-state index in [4.69, 9.17) is 0 Å². The van der Waals surface area contributed by atoms with Gasteiger partial charge in [0.25, 0.3) is 0 Å². The highest BCUT2D eigenvalue weighted by molar-refractivity contribution is 6.11. The molecule has 4 rings (SSSR count). The molecule has 2 heterocycles. The first-order valence-electron chi connectivity index (χ1n) is 10.2. The highest BCUT2D eigenvalue weighted by atomic mass is 15.2. The normalized spacial score (nSPS) is 11.2. The van der Waals surface area contributed by atoms with Crippen LogP contribution in [0.2, 0.25) is 0 Å². The summed E-state index contributed by atoms with van der Waals surface area (Å²) in [7, 11) is -0.642. The summed E-state index contributed by atoms with van der Waals surface area (Å²) in [6.07, 6.45) is 15.4. The van der Waals surface area contributed by atoms with E-state index in [0.717, 1.165) is 0 Å². The second kappa shape index (κ2) is 7.39. The van der Waals surface area contributed by atoms with Gasteiger partial charge in [0.1, 0.15) is 0 Å². The smallest absolute Gasteiger partial charge is 0.322 e. The van der Waals surface area contributed by atoms with Gasteiger partial charge in [-0.1, -0.05) is 35.4 Å². The first-order valence-corrected chi connectivity index (χ1v) is 10.2. The minimum atomic E-state index is -0.642. The van der Waals surface area contributed by atoms with Crippen molar-refractivity contribution in [2.45, 2.75) is 41.5 Å². The van der Waals surface area contributed by atoms with Crippen molar-refractivity contribution < 1.29 is 8.96 Å². The van der Waals surface area contributed by atoms with E-state index in [1.54, 1.807) is 0 Å². The van der Waals surface area contributed by atoms with Gasteiger partial charge >= 0.3 is 7.55 Å². The Kier molecular flexibility index (Phi) is 4.91. The molecular weight excluding hydrogens is 355 g/mol. The van der Waals surface area contributed by atoms with Crippen molar-refractivity contribution in [1.29, 1.82) is 0 Å². The summed E-state index contributed by atoms with van der Waals surface area (Å²) in [5, 5.41) is 0. The molecule has 0 aliphatic carbocycles. The minimum absolute atomic E-state index is 0.642. The van der Waals surface area contributed by atoms with Gasteiger partial charge in [0, 0.05) is 12.4 Å². The number of hydrogen-bond donors (Lipinski definition) is 0. The van der Waals surface area contributed by atoms with E-state index in [9.17, 15) is 0 Å². The Morgan fingerprint density at radius 2 is 0.966 bits per heavy atom. The van der Waals surface area contributed by atoms with Crippen LogP contribution in [-0.4, -0.2) is 16.7 Å². The first-order chi connectivity index (χ1) is 13.8. The molecule has 29 heavy (non-hydrogen) atoms. The molecular formula is C24H28BN4-. The van der Waals surface area contributed by atoms with Gasteiger partial charge in [-0.05, 0) is 76.2 Å². The van der Waals surface area contributed by atoms with Crippen LogP contribution in [-0.2, 0) is 0 Å². The molecule has 0 radical (unpaired) electrons. The number of imidazole rings is 2. The Morgan fingerprint density at radius 3 is 1.31 bits per heavy atom. The zero-order chi connectivity index (χ0) is 20.7. The van der Waals surface area contributed by atoms with Gasteiger partial charge in [-0.2, -0.15) is 0 Å². The molecule has 2 aromatic carbocycles. The maximum atomic E-state index is 3.50. The van der Waals surface area contributed by atoms with Crippen molar-refractivity contribution in [2.75, 3.05) is 0 Å². The fraction of sp³-hybridized carbons (Fsp3) is 0.250. The Bertz CT molecular complexity index is 1060. The maximum absolute atomic E-state index is 3.50. The van der Waals surface area contributed by atoms with Gasteiger partial charge < -0.3 is 18.1 Å². The molecule has 4 nitrogen and oxygen atoms in total. The highest BCUT2D eigenvalue weighted by Crippen LogP contribution is 2.21. The third-order valence-corrected chi connectivity index (χ3v) is 5.59. The molecule has 148 valence electrons. The number of nitrogens with zero attached hydrogens (tertiary/aromatic N) is 4. The van der Waals surface area contributed by atoms with E-state index in [1.165, 1.54) is 44.8 Å². The molecule has 0 saturated heterocycles. The zero-order valence-corrected chi connectivity index (χ0v) is 18.4. The summed E-state index contributed by atoms with van der Waals surface area (Å²) in [6, 6.07) is 8.91. The van der Waals surface area contributed by atoms with Crippen LogP contribution >= 0.6 is 0 Å². The average molecular weight is 383 g/mol. The maximum Gasteiger partial charge on any atom is 0.322 e. The lowest BCUT2D eigenvalue weighted by Gasteiger charge is -2.14. The SMILES string of the molecule is Cc1cc(C)c(-n2[c-][n+]([BH2-][n+]3[c-]n(-c4c(C)cc(C)cc4C)cc3)cc2)c(C)c1. The summed E-state index contributed by atoms with van der Waals surface area (Å²) in [4.78, 5) is 0. The summed E-state index contributed by atoms with van der Waals surface area (Å²) in [6.45, 7) is 12.9. The Balaban J connectivity index is 1.60. The van der Waals surface area contributed by atoms with Crippen LogP contribution in [0, 0.1) is 54.2 Å².